The van der Waals surface area contributed by atoms with Gasteiger partial charge in [0.15, 0.2) is 0 Å². The molecule has 1 nitrogen and oxygen atoms in total. The molecule has 1 unspecified atom stereocenters. The Balaban J connectivity index is 1.81. The van der Waals surface area contributed by atoms with Crippen LogP contribution in [0.4, 0.5) is 0 Å². The number of hydrogen-bond donors (Lipinski definition) is 1. The van der Waals surface area contributed by atoms with Gasteiger partial charge in [0.1, 0.15) is 0 Å². The van der Waals surface area contributed by atoms with Crippen molar-refractivity contribution in [3.63, 3.8) is 0 Å². The third kappa shape index (κ3) is 2.32. The summed E-state index contributed by atoms with van der Waals surface area (Å²) in [7, 11) is 0. The Labute approximate surface area is 84.2 Å². The van der Waals surface area contributed by atoms with Crippen LogP contribution in [-0.4, -0.2) is 6.04 Å². The standard InChI is InChI=1S/C11H17NS/c1-8-6-13-7-11(8)5-12-9(2)10-3-4-10/h6-7,9-10,12H,3-5H2,1-2H3. The van der Waals surface area contributed by atoms with Crippen molar-refractivity contribution in [2.24, 2.45) is 5.92 Å². The fourth-order valence-electron chi connectivity index (χ4n) is 1.60. The maximum atomic E-state index is 3.59. The summed E-state index contributed by atoms with van der Waals surface area (Å²) < 4.78 is 0. The van der Waals surface area contributed by atoms with E-state index in [0.717, 1.165) is 12.5 Å². The van der Waals surface area contributed by atoms with Gasteiger partial charge in [-0.1, -0.05) is 0 Å². The molecule has 1 N–H and O–H groups in total. The van der Waals surface area contributed by atoms with Gasteiger partial charge in [-0.05, 0) is 54.5 Å². The molecule has 0 saturated heterocycles. The Kier molecular flexibility index (Phi) is 2.70. The number of aryl methyl sites for hydroxylation is 1. The van der Waals surface area contributed by atoms with Gasteiger partial charge in [-0.3, -0.25) is 0 Å². The highest BCUT2D eigenvalue weighted by Crippen LogP contribution is 2.32. The van der Waals surface area contributed by atoms with Crippen LogP contribution < -0.4 is 5.32 Å². The smallest absolute Gasteiger partial charge is 0.0218 e. The maximum Gasteiger partial charge on any atom is 0.0218 e. The van der Waals surface area contributed by atoms with Crippen LogP contribution in [0.2, 0.25) is 0 Å². The van der Waals surface area contributed by atoms with Crippen LogP contribution >= 0.6 is 11.3 Å². The lowest BCUT2D eigenvalue weighted by molar-refractivity contribution is 0.496. The normalized spacial score (nSPS) is 18.9. The third-order valence-electron chi connectivity index (χ3n) is 2.91. The Hall–Kier alpha value is -0.340. The van der Waals surface area contributed by atoms with E-state index < -0.39 is 0 Å². The van der Waals surface area contributed by atoms with E-state index in [0.29, 0.717) is 6.04 Å². The highest BCUT2D eigenvalue weighted by atomic mass is 32.1. The average molecular weight is 195 g/mol. The molecule has 1 fully saturated rings. The van der Waals surface area contributed by atoms with Crippen molar-refractivity contribution in [3.8, 4) is 0 Å². The Morgan fingerprint density at radius 2 is 2.31 bits per heavy atom. The van der Waals surface area contributed by atoms with Crippen molar-refractivity contribution in [1.29, 1.82) is 0 Å². The van der Waals surface area contributed by atoms with E-state index in [1.807, 2.05) is 0 Å². The molecule has 2 rings (SSSR count). The molecular formula is C11H17NS. The number of rotatable bonds is 4. The summed E-state index contributed by atoms with van der Waals surface area (Å²) in [6.07, 6.45) is 2.85. The molecule has 2 heteroatoms. The maximum absolute atomic E-state index is 3.59. The quantitative estimate of drug-likeness (QED) is 0.779. The zero-order chi connectivity index (χ0) is 9.26. The van der Waals surface area contributed by atoms with E-state index in [1.54, 1.807) is 11.3 Å². The molecule has 1 aliphatic rings. The third-order valence-corrected chi connectivity index (χ3v) is 3.82. The predicted molar refractivity (Wildman–Crippen MR) is 58.1 cm³/mol. The number of thiophene rings is 1. The van der Waals surface area contributed by atoms with E-state index >= 15 is 0 Å². The van der Waals surface area contributed by atoms with Gasteiger partial charge < -0.3 is 5.32 Å². The molecule has 0 aromatic carbocycles. The van der Waals surface area contributed by atoms with Crippen molar-refractivity contribution in [2.75, 3.05) is 0 Å². The van der Waals surface area contributed by atoms with Gasteiger partial charge in [0.05, 0.1) is 0 Å². The molecule has 0 bridgehead atoms. The van der Waals surface area contributed by atoms with Gasteiger partial charge in [0.25, 0.3) is 0 Å². The van der Waals surface area contributed by atoms with Gasteiger partial charge in [-0.15, -0.1) is 0 Å². The fourth-order valence-corrected chi connectivity index (χ4v) is 2.46. The first-order valence-electron chi connectivity index (χ1n) is 5.02. The molecule has 0 radical (unpaired) electrons. The molecule has 1 aliphatic carbocycles. The van der Waals surface area contributed by atoms with Crippen LogP contribution in [0.15, 0.2) is 10.8 Å². The first-order chi connectivity index (χ1) is 6.27. The molecule has 0 amide bonds. The molecule has 1 aromatic heterocycles. The minimum absolute atomic E-state index is 0.708. The second kappa shape index (κ2) is 3.81. The van der Waals surface area contributed by atoms with Crippen LogP contribution in [-0.2, 0) is 6.54 Å². The van der Waals surface area contributed by atoms with Gasteiger partial charge in [0.2, 0.25) is 0 Å². The van der Waals surface area contributed by atoms with E-state index in [1.165, 1.54) is 24.0 Å². The van der Waals surface area contributed by atoms with Crippen LogP contribution in [0, 0.1) is 12.8 Å². The lowest BCUT2D eigenvalue weighted by Crippen LogP contribution is -2.27. The molecule has 13 heavy (non-hydrogen) atoms. The van der Waals surface area contributed by atoms with Crippen LogP contribution in [0.3, 0.4) is 0 Å². The van der Waals surface area contributed by atoms with Crippen LogP contribution in [0.5, 0.6) is 0 Å². The SMILES string of the molecule is Cc1cscc1CNC(C)C1CC1. The van der Waals surface area contributed by atoms with E-state index in [-0.39, 0.29) is 0 Å². The summed E-state index contributed by atoms with van der Waals surface area (Å²) in [6, 6.07) is 0.708. The summed E-state index contributed by atoms with van der Waals surface area (Å²) in [6.45, 7) is 5.54. The number of hydrogen-bond acceptors (Lipinski definition) is 2. The second-order valence-corrected chi connectivity index (χ2v) is 4.83. The predicted octanol–water partition coefficient (Wildman–Crippen LogP) is 2.94. The molecule has 1 aromatic rings. The highest BCUT2D eigenvalue weighted by molar-refractivity contribution is 7.08. The second-order valence-electron chi connectivity index (χ2n) is 4.09. The first-order valence-corrected chi connectivity index (χ1v) is 5.96. The van der Waals surface area contributed by atoms with Crippen molar-refractivity contribution in [1.82, 2.24) is 5.32 Å². The Morgan fingerprint density at radius 3 is 2.85 bits per heavy atom. The topological polar surface area (TPSA) is 12.0 Å². The van der Waals surface area contributed by atoms with Crippen molar-refractivity contribution >= 4 is 11.3 Å². The molecule has 0 aliphatic heterocycles. The summed E-state index contributed by atoms with van der Waals surface area (Å²) in [5.41, 5.74) is 2.90. The largest absolute Gasteiger partial charge is 0.310 e. The van der Waals surface area contributed by atoms with E-state index in [4.69, 9.17) is 0 Å². The Morgan fingerprint density at radius 1 is 1.54 bits per heavy atom. The highest BCUT2D eigenvalue weighted by Gasteiger charge is 2.27. The van der Waals surface area contributed by atoms with E-state index in [2.05, 4.69) is 29.9 Å². The summed E-state index contributed by atoms with van der Waals surface area (Å²) in [4.78, 5) is 0. The zero-order valence-corrected chi connectivity index (χ0v) is 9.16. The molecule has 1 saturated carbocycles. The van der Waals surface area contributed by atoms with Gasteiger partial charge in [0, 0.05) is 12.6 Å². The lowest BCUT2D eigenvalue weighted by atomic mass is 10.2. The molecular weight excluding hydrogens is 178 g/mol. The molecule has 1 heterocycles. The summed E-state index contributed by atoms with van der Waals surface area (Å²) in [5.74, 6) is 0.957. The summed E-state index contributed by atoms with van der Waals surface area (Å²) in [5, 5.41) is 8.07. The average Bonchev–Trinajstić information content (AvgIpc) is 2.88. The van der Waals surface area contributed by atoms with Crippen molar-refractivity contribution in [2.45, 2.75) is 39.3 Å². The minimum Gasteiger partial charge on any atom is -0.310 e. The molecule has 72 valence electrons. The minimum atomic E-state index is 0.708. The fraction of sp³-hybridized carbons (Fsp3) is 0.636. The Bertz CT molecular complexity index is 275. The van der Waals surface area contributed by atoms with Crippen LogP contribution in [0.25, 0.3) is 0 Å². The molecule has 0 spiro atoms. The number of nitrogens with one attached hydrogen (secondary N) is 1. The van der Waals surface area contributed by atoms with E-state index in [9.17, 15) is 0 Å². The first kappa shape index (κ1) is 9.22. The monoisotopic (exact) mass is 195 g/mol. The van der Waals surface area contributed by atoms with Crippen LogP contribution in [0.1, 0.15) is 30.9 Å². The lowest BCUT2D eigenvalue weighted by Gasteiger charge is -2.12. The van der Waals surface area contributed by atoms with Crippen molar-refractivity contribution < 1.29 is 0 Å². The molecule has 1 atom stereocenters. The zero-order valence-electron chi connectivity index (χ0n) is 8.34. The van der Waals surface area contributed by atoms with Crippen molar-refractivity contribution in [3.05, 3.63) is 21.9 Å². The van der Waals surface area contributed by atoms with Gasteiger partial charge >= 0.3 is 0 Å². The summed E-state index contributed by atoms with van der Waals surface area (Å²) >= 11 is 1.80. The van der Waals surface area contributed by atoms with Gasteiger partial charge in [-0.2, -0.15) is 11.3 Å². The van der Waals surface area contributed by atoms with Gasteiger partial charge in [-0.25, -0.2) is 0 Å².